The van der Waals surface area contributed by atoms with Gasteiger partial charge < -0.3 is 15.0 Å². The van der Waals surface area contributed by atoms with Crippen molar-refractivity contribution >= 4 is 55.3 Å². The molecule has 0 spiro atoms. The lowest BCUT2D eigenvalue weighted by Crippen LogP contribution is -2.55. The number of fused-ring (bicyclic) bond motifs is 2. The number of nitrogens with zero attached hydrogens (tertiary/aromatic N) is 3. The van der Waals surface area contributed by atoms with E-state index in [0.717, 1.165) is 29.8 Å². The van der Waals surface area contributed by atoms with E-state index >= 15 is 0 Å². The summed E-state index contributed by atoms with van der Waals surface area (Å²) in [6.45, 7) is 1.62. The molecule has 18 heteroatoms. The third-order valence-corrected chi connectivity index (χ3v) is 10.3. The first-order valence-electron chi connectivity index (χ1n) is 12.9. The molecule has 2 bridgehead atoms. The number of nitrogens with one attached hydrogen (secondary N) is 1. The average molecular weight is 683 g/mol. The van der Waals surface area contributed by atoms with Crippen molar-refractivity contribution in [1.29, 1.82) is 0 Å². The highest BCUT2D eigenvalue weighted by molar-refractivity contribution is 8.04. The number of halogens is 5. The zero-order valence-corrected chi connectivity index (χ0v) is 25.6. The standard InChI is InChI=1S/C26H27ClF4N4O7S2/c1-43(38,39)35(44(2,40)41)25(37)32-22-12-21(27)23(42-26(29,30)31)11-17(22)5-10-24(36)34-19-8-9-20(34)15-33(14-19)13-16-3-6-18(28)7-4-16/h3-7,10-12,19-20H,8-9,13-15H2,1-2H3,(H,32,37). The lowest BCUT2D eigenvalue weighted by molar-refractivity contribution is -0.274. The van der Waals surface area contributed by atoms with Crippen LogP contribution in [-0.4, -0.2) is 86.3 Å². The van der Waals surface area contributed by atoms with Gasteiger partial charge in [0, 0.05) is 43.4 Å². The topological polar surface area (TPSA) is 133 Å². The molecule has 2 aromatic carbocycles. The second-order valence-electron chi connectivity index (χ2n) is 10.4. The minimum absolute atomic E-state index is 0.169. The number of alkyl halides is 3. The molecule has 2 saturated heterocycles. The highest BCUT2D eigenvalue weighted by Gasteiger charge is 2.42. The first-order chi connectivity index (χ1) is 20.3. The number of urea groups is 1. The smallest absolute Gasteiger partial charge is 0.404 e. The Bertz CT molecular complexity index is 1640. The van der Waals surface area contributed by atoms with Crippen molar-refractivity contribution in [2.24, 2.45) is 0 Å². The highest BCUT2D eigenvalue weighted by Crippen LogP contribution is 2.36. The van der Waals surface area contributed by atoms with Gasteiger partial charge in [0.05, 0.1) is 23.2 Å². The van der Waals surface area contributed by atoms with Gasteiger partial charge in [0.1, 0.15) is 11.6 Å². The van der Waals surface area contributed by atoms with Crippen molar-refractivity contribution < 1.29 is 48.7 Å². The molecular formula is C26H27ClF4N4O7S2. The normalized spacial score (nSPS) is 19.3. The number of rotatable bonds is 8. The number of anilines is 1. The van der Waals surface area contributed by atoms with Gasteiger partial charge in [-0.3, -0.25) is 9.69 Å². The summed E-state index contributed by atoms with van der Waals surface area (Å²) in [7, 11) is -9.28. The molecule has 0 saturated carbocycles. The Labute approximate surface area is 256 Å². The van der Waals surface area contributed by atoms with Gasteiger partial charge in [-0.2, -0.15) is 0 Å². The summed E-state index contributed by atoms with van der Waals surface area (Å²) in [5.41, 5.74) is 0.243. The van der Waals surface area contributed by atoms with Crippen LogP contribution in [0.3, 0.4) is 0 Å². The van der Waals surface area contributed by atoms with E-state index in [2.05, 4.69) is 9.64 Å². The van der Waals surface area contributed by atoms with Crippen LogP contribution in [0.4, 0.5) is 28.0 Å². The SMILES string of the molecule is CS(=O)(=O)N(C(=O)Nc1cc(Cl)c(OC(F)(F)F)cc1C=CC(=O)N1C2CCC1CN(Cc1ccc(F)cc1)C2)S(C)(=O)=O. The molecule has 3 amide bonds. The maximum Gasteiger partial charge on any atom is 0.573 e. The predicted molar refractivity (Wildman–Crippen MR) is 153 cm³/mol. The highest BCUT2D eigenvalue weighted by atomic mass is 35.5. The summed E-state index contributed by atoms with van der Waals surface area (Å²) < 4.78 is 104. The zero-order chi connectivity index (χ0) is 32.6. The van der Waals surface area contributed by atoms with Crippen LogP contribution in [0.5, 0.6) is 5.75 Å². The third kappa shape index (κ3) is 8.19. The second-order valence-corrected chi connectivity index (χ2v) is 14.7. The molecule has 2 fully saturated rings. The van der Waals surface area contributed by atoms with Gasteiger partial charge >= 0.3 is 12.4 Å². The van der Waals surface area contributed by atoms with Gasteiger partial charge in [0.15, 0.2) is 0 Å². The molecule has 2 unspecified atom stereocenters. The molecule has 1 N–H and O–H groups in total. The summed E-state index contributed by atoms with van der Waals surface area (Å²) >= 11 is 5.91. The molecule has 0 aliphatic carbocycles. The number of carbonyl (C=O) groups is 2. The van der Waals surface area contributed by atoms with Crippen LogP contribution in [0.2, 0.25) is 5.02 Å². The summed E-state index contributed by atoms with van der Waals surface area (Å²) in [6.07, 6.45) is -0.649. The van der Waals surface area contributed by atoms with E-state index < -0.39 is 58.5 Å². The van der Waals surface area contributed by atoms with E-state index in [9.17, 15) is 44.0 Å². The lowest BCUT2D eigenvalue weighted by atomic mass is 10.1. The van der Waals surface area contributed by atoms with Gasteiger partial charge in [-0.25, -0.2) is 26.0 Å². The van der Waals surface area contributed by atoms with Gasteiger partial charge in [0.25, 0.3) is 0 Å². The van der Waals surface area contributed by atoms with Crippen molar-refractivity contribution in [2.75, 3.05) is 30.9 Å². The van der Waals surface area contributed by atoms with Crippen molar-refractivity contribution in [1.82, 2.24) is 13.5 Å². The number of piperazine rings is 1. The van der Waals surface area contributed by atoms with Gasteiger partial charge in [-0.15, -0.1) is 16.9 Å². The minimum atomic E-state index is -5.15. The van der Waals surface area contributed by atoms with Crippen LogP contribution in [-0.2, 0) is 31.4 Å². The summed E-state index contributed by atoms with van der Waals surface area (Å²) in [4.78, 5) is 29.8. The quantitative estimate of drug-likeness (QED) is 0.326. The molecule has 2 heterocycles. The van der Waals surface area contributed by atoms with E-state index in [0.29, 0.717) is 45.0 Å². The van der Waals surface area contributed by atoms with E-state index in [1.165, 1.54) is 12.1 Å². The number of ether oxygens (including phenoxy) is 1. The number of amides is 3. The monoisotopic (exact) mass is 682 g/mol. The molecule has 2 atom stereocenters. The number of hydrogen-bond donors (Lipinski definition) is 1. The first kappa shape index (κ1) is 33.5. The summed E-state index contributed by atoms with van der Waals surface area (Å²) in [5, 5.41) is 1.37. The maximum atomic E-state index is 13.3. The molecule has 44 heavy (non-hydrogen) atoms. The van der Waals surface area contributed by atoms with Crippen LogP contribution in [0, 0.1) is 5.82 Å². The zero-order valence-electron chi connectivity index (χ0n) is 23.2. The third-order valence-electron chi connectivity index (χ3n) is 6.88. The summed E-state index contributed by atoms with van der Waals surface area (Å²) in [5.74, 6) is -1.71. The molecule has 4 rings (SSSR count). The largest absolute Gasteiger partial charge is 0.573 e. The maximum absolute atomic E-state index is 13.3. The number of benzene rings is 2. The number of sulfonamides is 2. The van der Waals surface area contributed by atoms with E-state index in [1.807, 2.05) is 5.32 Å². The van der Waals surface area contributed by atoms with Crippen molar-refractivity contribution in [3.8, 4) is 5.75 Å². The average Bonchev–Trinajstić information content (AvgIpc) is 3.13. The number of likely N-dealkylation sites (tertiary alicyclic amines) is 1. The van der Waals surface area contributed by atoms with Gasteiger partial charge in [-0.1, -0.05) is 23.7 Å². The fraction of sp³-hybridized carbons (Fsp3) is 0.385. The van der Waals surface area contributed by atoms with Crippen LogP contribution < -0.4 is 10.1 Å². The van der Waals surface area contributed by atoms with Gasteiger partial charge in [-0.05, 0) is 48.7 Å². The molecule has 0 radical (unpaired) electrons. The second kappa shape index (κ2) is 12.5. The van der Waals surface area contributed by atoms with Crippen LogP contribution >= 0.6 is 11.6 Å². The predicted octanol–water partition coefficient (Wildman–Crippen LogP) is 4.02. The summed E-state index contributed by atoms with van der Waals surface area (Å²) in [6, 6.07) is 5.66. The fourth-order valence-electron chi connectivity index (χ4n) is 5.30. The first-order valence-corrected chi connectivity index (χ1v) is 17.0. The molecule has 0 aromatic heterocycles. The minimum Gasteiger partial charge on any atom is -0.404 e. The fourth-order valence-corrected chi connectivity index (χ4v) is 8.16. The molecule has 2 aliphatic heterocycles. The van der Waals surface area contributed by atoms with E-state index in [-0.39, 0.29) is 23.5 Å². The molecule has 2 aromatic rings. The van der Waals surface area contributed by atoms with E-state index in [4.69, 9.17) is 11.6 Å². The van der Waals surface area contributed by atoms with Crippen molar-refractivity contribution in [2.45, 2.75) is 37.8 Å². The Morgan fingerprint density at radius 2 is 1.61 bits per heavy atom. The van der Waals surface area contributed by atoms with Crippen LogP contribution in [0.1, 0.15) is 24.0 Å². The Hall–Kier alpha value is -3.41. The van der Waals surface area contributed by atoms with Crippen LogP contribution in [0.15, 0.2) is 42.5 Å². The van der Waals surface area contributed by atoms with Crippen molar-refractivity contribution in [3.05, 3.63) is 64.4 Å². The van der Waals surface area contributed by atoms with Crippen molar-refractivity contribution in [3.63, 3.8) is 0 Å². The Balaban J connectivity index is 1.58. The Morgan fingerprint density at radius 1 is 1.05 bits per heavy atom. The van der Waals surface area contributed by atoms with Gasteiger partial charge in [0.2, 0.25) is 26.0 Å². The van der Waals surface area contributed by atoms with E-state index in [1.54, 1.807) is 17.0 Å². The molecule has 240 valence electrons. The lowest BCUT2D eigenvalue weighted by Gasteiger charge is -2.40. The number of hydrogen-bond acceptors (Lipinski definition) is 8. The molecular weight excluding hydrogens is 656 g/mol. The van der Waals surface area contributed by atoms with Crippen LogP contribution in [0.25, 0.3) is 6.08 Å². The Morgan fingerprint density at radius 3 is 2.14 bits per heavy atom. The molecule has 11 nitrogen and oxygen atoms in total. The Kier molecular flexibility index (Phi) is 9.54. The number of carbonyl (C=O) groups excluding carboxylic acids is 2. The molecule has 2 aliphatic rings.